The molecule has 2 aromatic rings. The molecule has 126 valence electrons. The van der Waals surface area contributed by atoms with Crippen LogP contribution in [0.2, 0.25) is 0 Å². The molecule has 0 saturated carbocycles. The first-order valence-electron chi connectivity index (χ1n) is 8.46. The Labute approximate surface area is 142 Å². The Morgan fingerprint density at radius 1 is 0.708 bits per heavy atom. The Kier molecular flexibility index (Phi) is 4.17. The Bertz CT molecular complexity index is 610. The molecule has 0 amide bonds. The summed E-state index contributed by atoms with van der Waals surface area (Å²) in [6.07, 6.45) is 0.704. The molecular weight excluding hydrogens is 304 g/mol. The molecule has 4 heteroatoms. The first-order chi connectivity index (χ1) is 11.7. The lowest BCUT2D eigenvalue weighted by atomic mass is 10.1. The van der Waals surface area contributed by atoms with Crippen molar-refractivity contribution >= 4 is 0 Å². The summed E-state index contributed by atoms with van der Waals surface area (Å²) < 4.78 is 22.2. The lowest BCUT2D eigenvalue weighted by Gasteiger charge is -2.14. The van der Waals surface area contributed by atoms with E-state index in [9.17, 15) is 0 Å². The molecule has 0 spiro atoms. The largest absolute Gasteiger partial charge is 0.488 e. The molecule has 0 N–H and O–H groups in total. The van der Waals surface area contributed by atoms with E-state index in [0.717, 1.165) is 35.8 Å². The minimum Gasteiger partial charge on any atom is -0.488 e. The monoisotopic (exact) mass is 326 g/mol. The fourth-order valence-corrected chi connectivity index (χ4v) is 2.69. The van der Waals surface area contributed by atoms with E-state index in [1.807, 2.05) is 38.1 Å². The normalized spacial score (nSPS) is 24.1. The Morgan fingerprint density at radius 2 is 1.04 bits per heavy atom. The van der Waals surface area contributed by atoms with Gasteiger partial charge in [0.2, 0.25) is 0 Å². The highest BCUT2D eigenvalue weighted by Crippen LogP contribution is 2.27. The minimum atomic E-state index is 0.102. The van der Waals surface area contributed by atoms with E-state index in [2.05, 4.69) is 24.3 Å². The van der Waals surface area contributed by atoms with Crippen molar-refractivity contribution in [1.82, 2.24) is 0 Å². The summed E-state index contributed by atoms with van der Waals surface area (Å²) in [5.41, 5.74) is 2.31. The second kappa shape index (κ2) is 6.46. The van der Waals surface area contributed by atoms with Gasteiger partial charge in [-0.3, -0.25) is 0 Å². The smallest absolute Gasteiger partial charge is 0.124 e. The first-order valence-corrected chi connectivity index (χ1v) is 8.46. The molecule has 4 rings (SSSR count). The van der Waals surface area contributed by atoms with Crippen LogP contribution in [0.3, 0.4) is 0 Å². The lowest BCUT2D eigenvalue weighted by molar-refractivity contribution is 0.176. The quantitative estimate of drug-likeness (QED) is 0.728. The molecule has 2 heterocycles. The van der Waals surface area contributed by atoms with Gasteiger partial charge in [0.15, 0.2) is 0 Å². The maximum atomic E-state index is 5.86. The van der Waals surface area contributed by atoms with Crippen molar-refractivity contribution in [2.45, 2.75) is 38.3 Å². The number of benzene rings is 2. The van der Waals surface area contributed by atoms with Gasteiger partial charge in [-0.2, -0.15) is 0 Å². The van der Waals surface area contributed by atoms with Crippen LogP contribution in [0.4, 0.5) is 0 Å². The van der Waals surface area contributed by atoms with Gasteiger partial charge >= 0.3 is 0 Å². The summed E-state index contributed by atoms with van der Waals surface area (Å²) in [5, 5.41) is 0. The molecule has 4 nitrogen and oxygen atoms in total. The van der Waals surface area contributed by atoms with Crippen LogP contribution in [0.5, 0.6) is 11.5 Å². The van der Waals surface area contributed by atoms with Gasteiger partial charge in [0, 0.05) is 0 Å². The topological polar surface area (TPSA) is 43.5 Å². The van der Waals surface area contributed by atoms with Gasteiger partial charge in [-0.25, -0.2) is 0 Å². The molecule has 2 aliphatic rings. The SMILES string of the molecule is CC(Oc1ccc(-c2ccc(OC(C)C3CO3)cc2)cc1)C1CO1. The number of epoxide rings is 2. The molecule has 24 heavy (non-hydrogen) atoms. The van der Waals surface area contributed by atoms with Crippen molar-refractivity contribution < 1.29 is 18.9 Å². The van der Waals surface area contributed by atoms with Crippen LogP contribution < -0.4 is 9.47 Å². The fourth-order valence-electron chi connectivity index (χ4n) is 2.69. The van der Waals surface area contributed by atoms with E-state index in [-0.39, 0.29) is 24.4 Å². The third-order valence-corrected chi connectivity index (χ3v) is 4.45. The highest BCUT2D eigenvalue weighted by atomic mass is 16.6. The summed E-state index contributed by atoms with van der Waals surface area (Å²) in [7, 11) is 0. The molecule has 0 radical (unpaired) electrons. The molecule has 0 bridgehead atoms. The van der Waals surface area contributed by atoms with Gasteiger partial charge in [-0.05, 0) is 49.2 Å². The summed E-state index contributed by atoms with van der Waals surface area (Å²) in [6.45, 7) is 5.69. The molecule has 2 fully saturated rings. The zero-order valence-electron chi connectivity index (χ0n) is 14.0. The molecule has 2 saturated heterocycles. The van der Waals surface area contributed by atoms with Crippen molar-refractivity contribution in [2.75, 3.05) is 13.2 Å². The first kappa shape index (κ1) is 15.5. The maximum absolute atomic E-state index is 5.86. The van der Waals surface area contributed by atoms with Crippen molar-refractivity contribution in [3.63, 3.8) is 0 Å². The summed E-state index contributed by atoms with van der Waals surface area (Å²) in [5.74, 6) is 1.75. The molecule has 2 aromatic carbocycles. The van der Waals surface area contributed by atoms with Gasteiger partial charge < -0.3 is 18.9 Å². The summed E-state index contributed by atoms with van der Waals surface area (Å²) in [6, 6.07) is 16.3. The molecule has 0 aliphatic carbocycles. The van der Waals surface area contributed by atoms with E-state index >= 15 is 0 Å². The average molecular weight is 326 g/mol. The third-order valence-electron chi connectivity index (χ3n) is 4.45. The minimum absolute atomic E-state index is 0.102. The highest BCUT2D eigenvalue weighted by molar-refractivity contribution is 5.64. The van der Waals surface area contributed by atoms with Crippen LogP contribution in [0.1, 0.15) is 13.8 Å². The molecule has 4 atom stereocenters. The van der Waals surface area contributed by atoms with Gasteiger partial charge in [0.25, 0.3) is 0 Å². The number of rotatable bonds is 7. The molecular formula is C20H22O4. The highest BCUT2D eigenvalue weighted by Gasteiger charge is 2.31. The van der Waals surface area contributed by atoms with E-state index in [0.29, 0.717) is 0 Å². The maximum Gasteiger partial charge on any atom is 0.124 e. The van der Waals surface area contributed by atoms with Crippen molar-refractivity contribution in [3.05, 3.63) is 48.5 Å². The van der Waals surface area contributed by atoms with E-state index in [4.69, 9.17) is 18.9 Å². The second-order valence-corrected chi connectivity index (χ2v) is 6.44. The van der Waals surface area contributed by atoms with Crippen molar-refractivity contribution in [3.8, 4) is 22.6 Å². The molecule has 0 aromatic heterocycles. The van der Waals surface area contributed by atoms with Gasteiger partial charge in [0.1, 0.15) is 35.9 Å². The standard InChI is InChI=1S/C20H22O4/c1-13(19-11-21-19)23-17-7-3-15(4-8-17)16-5-9-18(10-6-16)24-14(2)20-12-22-20/h3-10,13-14,19-20H,11-12H2,1-2H3. The van der Waals surface area contributed by atoms with Crippen molar-refractivity contribution in [1.29, 1.82) is 0 Å². The van der Waals surface area contributed by atoms with Crippen LogP contribution >= 0.6 is 0 Å². The molecule has 2 aliphatic heterocycles. The number of hydrogen-bond acceptors (Lipinski definition) is 4. The zero-order chi connectivity index (χ0) is 16.5. The van der Waals surface area contributed by atoms with Crippen LogP contribution in [0.25, 0.3) is 11.1 Å². The van der Waals surface area contributed by atoms with Gasteiger partial charge in [0.05, 0.1) is 13.2 Å². The Hall–Kier alpha value is -2.04. The average Bonchev–Trinajstić information content (AvgIpc) is 3.49. The van der Waals surface area contributed by atoms with E-state index < -0.39 is 0 Å². The van der Waals surface area contributed by atoms with E-state index in [1.54, 1.807) is 0 Å². The van der Waals surface area contributed by atoms with Crippen LogP contribution in [0, 0.1) is 0 Å². The lowest BCUT2D eigenvalue weighted by Crippen LogP contribution is -2.18. The predicted octanol–water partition coefficient (Wildman–Crippen LogP) is 3.69. The van der Waals surface area contributed by atoms with Crippen LogP contribution in [0.15, 0.2) is 48.5 Å². The number of hydrogen-bond donors (Lipinski definition) is 0. The van der Waals surface area contributed by atoms with Crippen LogP contribution in [-0.4, -0.2) is 37.6 Å². The zero-order valence-corrected chi connectivity index (χ0v) is 14.0. The second-order valence-electron chi connectivity index (χ2n) is 6.44. The third kappa shape index (κ3) is 3.71. The van der Waals surface area contributed by atoms with E-state index in [1.165, 1.54) is 0 Å². The van der Waals surface area contributed by atoms with Gasteiger partial charge in [-0.1, -0.05) is 24.3 Å². The Balaban J connectivity index is 1.39. The van der Waals surface area contributed by atoms with Crippen LogP contribution in [-0.2, 0) is 9.47 Å². The fraction of sp³-hybridized carbons (Fsp3) is 0.400. The van der Waals surface area contributed by atoms with Crippen molar-refractivity contribution in [2.24, 2.45) is 0 Å². The van der Waals surface area contributed by atoms with Gasteiger partial charge in [-0.15, -0.1) is 0 Å². The summed E-state index contributed by atoms with van der Waals surface area (Å²) >= 11 is 0. The summed E-state index contributed by atoms with van der Waals surface area (Å²) in [4.78, 5) is 0. The predicted molar refractivity (Wildman–Crippen MR) is 91.5 cm³/mol. The Morgan fingerprint density at radius 3 is 1.33 bits per heavy atom. The molecule has 4 unspecified atom stereocenters. The number of ether oxygens (including phenoxy) is 4.